The summed E-state index contributed by atoms with van der Waals surface area (Å²) in [4.78, 5) is 0. The molecule has 108 valence electrons. The normalized spacial score (nSPS) is 17.7. The maximum atomic E-state index is 3.80. The summed E-state index contributed by atoms with van der Waals surface area (Å²) in [5.41, 5.74) is 1.87. The van der Waals surface area contributed by atoms with E-state index in [9.17, 15) is 0 Å². The highest BCUT2D eigenvalue weighted by molar-refractivity contribution is 5.30. The molecule has 0 heterocycles. The van der Waals surface area contributed by atoms with Gasteiger partial charge < -0.3 is 5.32 Å². The molecule has 1 N–H and O–H groups in total. The molecule has 1 fully saturated rings. The van der Waals surface area contributed by atoms with Crippen molar-refractivity contribution in [3.63, 3.8) is 0 Å². The van der Waals surface area contributed by atoms with Crippen molar-refractivity contribution in [2.24, 2.45) is 0 Å². The van der Waals surface area contributed by atoms with E-state index >= 15 is 0 Å². The van der Waals surface area contributed by atoms with Crippen LogP contribution in [0.4, 0.5) is 0 Å². The van der Waals surface area contributed by atoms with Crippen LogP contribution in [0.5, 0.6) is 0 Å². The molecule has 1 aromatic rings. The smallest absolute Gasteiger partial charge is 0.0173 e. The van der Waals surface area contributed by atoms with E-state index in [-0.39, 0.29) is 0 Å². The molecule has 1 aromatic carbocycles. The van der Waals surface area contributed by atoms with Gasteiger partial charge in [0.1, 0.15) is 0 Å². The van der Waals surface area contributed by atoms with E-state index in [4.69, 9.17) is 0 Å². The highest BCUT2D eigenvalue weighted by atomic mass is 14.9. The predicted octanol–water partition coefficient (Wildman–Crippen LogP) is 4.28. The van der Waals surface area contributed by atoms with Gasteiger partial charge in [-0.15, -0.1) is 11.8 Å². The average Bonchev–Trinajstić information content (AvgIpc) is 2.44. The van der Waals surface area contributed by atoms with E-state index in [0.29, 0.717) is 11.5 Å². The molecule has 2 rings (SSSR count). The first-order valence-corrected chi connectivity index (χ1v) is 8.02. The zero-order valence-corrected chi connectivity index (χ0v) is 12.9. The van der Waals surface area contributed by atoms with Gasteiger partial charge in [-0.2, -0.15) is 0 Å². The Balaban J connectivity index is 2.16. The van der Waals surface area contributed by atoms with Crippen LogP contribution in [0.2, 0.25) is 0 Å². The molecular formula is C19H27N. The van der Waals surface area contributed by atoms with Crippen LogP contribution in [0, 0.1) is 11.8 Å². The Labute approximate surface area is 124 Å². The fraction of sp³-hybridized carbons (Fsp3) is 0.579. The Morgan fingerprint density at radius 3 is 2.55 bits per heavy atom. The van der Waals surface area contributed by atoms with Crippen molar-refractivity contribution in [3.05, 3.63) is 35.9 Å². The maximum Gasteiger partial charge on any atom is 0.0173 e. The van der Waals surface area contributed by atoms with Gasteiger partial charge in [-0.05, 0) is 44.7 Å². The lowest BCUT2D eigenvalue weighted by Crippen LogP contribution is -2.52. The maximum absolute atomic E-state index is 3.80. The van der Waals surface area contributed by atoms with E-state index in [1.54, 1.807) is 0 Å². The monoisotopic (exact) mass is 269 g/mol. The van der Waals surface area contributed by atoms with Crippen LogP contribution in [0.1, 0.15) is 57.9 Å². The van der Waals surface area contributed by atoms with Crippen molar-refractivity contribution >= 4 is 0 Å². The van der Waals surface area contributed by atoms with Gasteiger partial charge in [-0.3, -0.25) is 0 Å². The molecule has 0 radical (unpaired) electrons. The van der Waals surface area contributed by atoms with Crippen LogP contribution in [0.3, 0.4) is 0 Å². The molecule has 1 aliphatic carbocycles. The van der Waals surface area contributed by atoms with Crippen molar-refractivity contribution in [3.8, 4) is 11.8 Å². The molecule has 1 unspecified atom stereocenters. The summed E-state index contributed by atoms with van der Waals surface area (Å²) in [6.45, 7) is 5.29. The molecule has 20 heavy (non-hydrogen) atoms. The van der Waals surface area contributed by atoms with Gasteiger partial charge in [-0.25, -0.2) is 0 Å². The zero-order chi connectivity index (χ0) is 14.3. The molecule has 1 atom stereocenters. The van der Waals surface area contributed by atoms with E-state index in [0.717, 1.165) is 19.4 Å². The zero-order valence-electron chi connectivity index (χ0n) is 12.9. The quantitative estimate of drug-likeness (QED) is 0.729. The molecule has 0 spiro atoms. The lowest BCUT2D eigenvalue weighted by molar-refractivity contribution is 0.162. The third-order valence-corrected chi connectivity index (χ3v) is 4.64. The Kier molecular flexibility index (Phi) is 5.68. The molecule has 0 amide bonds. The Morgan fingerprint density at radius 1 is 1.25 bits per heavy atom. The molecule has 0 bridgehead atoms. The standard InChI is InChI=1S/C19H27N/c1-3-5-7-13-18(20-16-4-2)19(14-10-15-19)17-11-8-6-9-12-17/h6,8-9,11-12,18,20H,4,7,10,13-16H2,1-2H3. The fourth-order valence-electron chi connectivity index (χ4n) is 3.40. The van der Waals surface area contributed by atoms with Gasteiger partial charge >= 0.3 is 0 Å². The van der Waals surface area contributed by atoms with Crippen LogP contribution in [0.25, 0.3) is 0 Å². The highest BCUT2D eigenvalue weighted by Gasteiger charge is 2.44. The topological polar surface area (TPSA) is 12.0 Å². The van der Waals surface area contributed by atoms with Gasteiger partial charge in [0.25, 0.3) is 0 Å². The van der Waals surface area contributed by atoms with Crippen LogP contribution in [-0.2, 0) is 5.41 Å². The van der Waals surface area contributed by atoms with E-state index in [1.807, 2.05) is 6.92 Å². The van der Waals surface area contributed by atoms with E-state index in [1.165, 1.54) is 31.2 Å². The van der Waals surface area contributed by atoms with Crippen LogP contribution in [-0.4, -0.2) is 12.6 Å². The molecule has 1 aliphatic rings. The van der Waals surface area contributed by atoms with Gasteiger partial charge in [0.05, 0.1) is 0 Å². The number of hydrogen-bond acceptors (Lipinski definition) is 1. The summed E-state index contributed by atoms with van der Waals surface area (Å²) >= 11 is 0. The summed E-state index contributed by atoms with van der Waals surface area (Å²) < 4.78 is 0. The molecule has 1 saturated carbocycles. The highest BCUT2D eigenvalue weighted by Crippen LogP contribution is 2.47. The van der Waals surface area contributed by atoms with Crippen LogP contribution in [0.15, 0.2) is 30.3 Å². The molecule has 0 saturated heterocycles. The lowest BCUT2D eigenvalue weighted by atomic mass is 9.59. The number of hydrogen-bond donors (Lipinski definition) is 1. The molecule has 1 heteroatoms. The van der Waals surface area contributed by atoms with Crippen molar-refractivity contribution < 1.29 is 0 Å². The summed E-state index contributed by atoms with van der Waals surface area (Å²) in [6, 6.07) is 11.7. The first-order chi connectivity index (χ1) is 9.83. The van der Waals surface area contributed by atoms with Crippen LogP contribution >= 0.6 is 0 Å². The van der Waals surface area contributed by atoms with Gasteiger partial charge in [-0.1, -0.05) is 43.7 Å². The number of rotatable bonds is 7. The minimum atomic E-state index is 0.353. The van der Waals surface area contributed by atoms with Crippen molar-refractivity contribution in [2.45, 2.75) is 63.8 Å². The molecule has 1 nitrogen and oxygen atoms in total. The molecular weight excluding hydrogens is 242 g/mol. The minimum Gasteiger partial charge on any atom is -0.313 e. The minimum absolute atomic E-state index is 0.353. The third-order valence-electron chi connectivity index (χ3n) is 4.64. The fourth-order valence-corrected chi connectivity index (χ4v) is 3.40. The molecule has 0 aromatic heterocycles. The number of benzene rings is 1. The predicted molar refractivity (Wildman–Crippen MR) is 86.7 cm³/mol. The second kappa shape index (κ2) is 7.50. The van der Waals surface area contributed by atoms with Gasteiger partial charge in [0, 0.05) is 17.9 Å². The Hall–Kier alpha value is -1.26. The number of nitrogens with one attached hydrogen (secondary N) is 1. The first kappa shape index (κ1) is 15.1. The second-order valence-corrected chi connectivity index (χ2v) is 5.85. The molecule has 0 aliphatic heterocycles. The van der Waals surface area contributed by atoms with E-state index < -0.39 is 0 Å². The largest absolute Gasteiger partial charge is 0.313 e. The summed E-state index contributed by atoms with van der Waals surface area (Å²) in [7, 11) is 0. The van der Waals surface area contributed by atoms with E-state index in [2.05, 4.69) is 54.4 Å². The summed E-state index contributed by atoms with van der Waals surface area (Å²) in [5, 5.41) is 3.80. The van der Waals surface area contributed by atoms with Crippen molar-refractivity contribution in [1.82, 2.24) is 5.32 Å². The Bertz CT molecular complexity index is 448. The van der Waals surface area contributed by atoms with Gasteiger partial charge in [0.15, 0.2) is 0 Å². The first-order valence-electron chi connectivity index (χ1n) is 8.02. The Morgan fingerprint density at radius 2 is 2.00 bits per heavy atom. The van der Waals surface area contributed by atoms with Crippen molar-refractivity contribution in [1.29, 1.82) is 0 Å². The third kappa shape index (κ3) is 3.25. The van der Waals surface area contributed by atoms with Crippen molar-refractivity contribution in [2.75, 3.05) is 6.54 Å². The lowest BCUT2D eigenvalue weighted by Gasteiger charge is -2.49. The SMILES string of the molecule is CC#CCCC(NCCC)C1(c2ccccc2)CCC1. The van der Waals surface area contributed by atoms with Gasteiger partial charge in [0.2, 0.25) is 0 Å². The summed E-state index contributed by atoms with van der Waals surface area (Å²) in [6.07, 6.45) is 7.36. The summed E-state index contributed by atoms with van der Waals surface area (Å²) in [5.74, 6) is 6.27. The average molecular weight is 269 g/mol. The van der Waals surface area contributed by atoms with Crippen LogP contribution < -0.4 is 5.32 Å². The second-order valence-electron chi connectivity index (χ2n) is 5.85.